The summed E-state index contributed by atoms with van der Waals surface area (Å²) < 4.78 is 9.86. The third-order valence-corrected chi connectivity index (χ3v) is 2.32. The molecule has 1 heterocycles. The lowest BCUT2D eigenvalue weighted by Crippen LogP contribution is -2.32. The molecule has 17 heavy (non-hydrogen) atoms. The molecule has 5 nitrogen and oxygen atoms in total. The topological polar surface area (TPSA) is 60.5 Å². The second kappa shape index (κ2) is 7.09. The minimum Gasteiger partial charge on any atom is -0.480 e. The van der Waals surface area contributed by atoms with E-state index in [1.165, 1.54) is 7.11 Å². The Morgan fingerprint density at radius 3 is 3.00 bits per heavy atom. The standard InChI is InChI=1S/C11H15ClN2O3/c1-16-7-8(12)6-14-10(15)9-4-3-5-13-11(9)17-2/h3-5,8H,6-7H2,1-2H3,(H,14,15). The Labute approximate surface area is 105 Å². The van der Waals surface area contributed by atoms with Crippen LogP contribution in [-0.4, -0.2) is 43.6 Å². The number of carbonyl (C=O) groups is 1. The molecule has 0 spiro atoms. The van der Waals surface area contributed by atoms with Gasteiger partial charge in [-0.1, -0.05) is 0 Å². The molecule has 94 valence electrons. The number of methoxy groups -OCH3 is 2. The lowest BCUT2D eigenvalue weighted by Gasteiger charge is -2.11. The number of halogens is 1. The number of ether oxygens (including phenoxy) is 2. The van der Waals surface area contributed by atoms with Crippen LogP contribution < -0.4 is 10.1 Å². The van der Waals surface area contributed by atoms with Crippen molar-refractivity contribution in [2.45, 2.75) is 5.38 Å². The number of amides is 1. The highest BCUT2D eigenvalue weighted by molar-refractivity contribution is 6.21. The van der Waals surface area contributed by atoms with Gasteiger partial charge in [-0.3, -0.25) is 4.79 Å². The zero-order valence-corrected chi connectivity index (χ0v) is 10.5. The molecule has 0 saturated carbocycles. The Kier molecular flexibility index (Phi) is 5.72. The van der Waals surface area contributed by atoms with Crippen LogP contribution in [0.4, 0.5) is 0 Å². The second-order valence-electron chi connectivity index (χ2n) is 3.32. The highest BCUT2D eigenvalue weighted by Gasteiger charge is 2.13. The van der Waals surface area contributed by atoms with E-state index < -0.39 is 0 Å². The molecule has 1 rings (SSSR count). The first-order chi connectivity index (χ1) is 8.19. The van der Waals surface area contributed by atoms with Crippen molar-refractivity contribution < 1.29 is 14.3 Å². The first kappa shape index (κ1) is 13.7. The summed E-state index contributed by atoms with van der Waals surface area (Å²) in [6.45, 7) is 0.707. The molecule has 1 amide bonds. The van der Waals surface area contributed by atoms with Gasteiger partial charge in [-0.25, -0.2) is 4.98 Å². The highest BCUT2D eigenvalue weighted by atomic mass is 35.5. The first-order valence-electron chi connectivity index (χ1n) is 5.09. The van der Waals surface area contributed by atoms with Gasteiger partial charge < -0.3 is 14.8 Å². The fourth-order valence-electron chi connectivity index (χ4n) is 1.26. The predicted molar refractivity (Wildman–Crippen MR) is 64.6 cm³/mol. The zero-order chi connectivity index (χ0) is 12.7. The van der Waals surface area contributed by atoms with Crippen LogP contribution in [0.5, 0.6) is 5.88 Å². The summed E-state index contributed by atoms with van der Waals surface area (Å²) in [4.78, 5) is 15.7. The van der Waals surface area contributed by atoms with Crippen molar-refractivity contribution in [2.24, 2.45) is 0 Å². The van der Waals surface area contributed by atoms with Crippen molar-refractivity contribution in [3.05, 3.63) is 23.9 Å². The number of nitrogens with zero attached hydrogens (tertiary/aromatic N) is 1. The van der Waals surface area contributed by atoms with Crippen molar-refractivity contribution >= 4 is 17.5 Å². The fourth-order valence-corrected chi connectivity index (χ4v) is 1.47. The lowest BCUT2D eigenvalue weighted by molar-refractivity contribution is 0.0945. The van der Waals surface area contributed by atoms with E-state index in [4.69, 9.17) is 21.1 Å². The molecule has 0 fully saturated rings. The SMILES string of the molecule is COCC(Cl)CNC(=O)c1cccnc1OC. The molecule has 0 aliphatic carbocycles. The quantitative estimate of drug-likeness (QED) is 0.776. The van der Waals surface area contributed by atoms with Crippen LogP contribution in [0.25, 0.3) is 0 Å². The number of pyridine rings is 1. The van der Waals surface area contributed by atoms with Gasteiger partial charge in [0, 0.05) is 19.9 Å². The summed E-state index contributed by atoms with van der Waals surface area (Å²) >= 11 is 5.90. The van der Waals surface area contributed by atoms with E-state index in [-0.39, 0.29) is 11.3 Å². The van der Waals surface area contributed by atoms with Crippen LogP contribution in [-0.2, 0) is 4.74 Å². The van der Waals surface area contributed by atoms with Gasteiger partial charge in [0.15, 0.2) is 0 Å². The Morgan fingerprint density at radius 2 is 2.35 bits per heavy atom. The van der Waals surface area contributed by atoms with Gasteiger partial charge in [-0.15, -0.1) is 11.6 Å². The summed E-state index contributed by atoms with van der Waals surface area (Å²) in [6, 6.07) is 3.31. The third-order valence-electron chi connectivity index (χ3n) is 2.04. The molecule has 0 aromatic carbocycles. The minimum atomic E-state index is -0.267. The number of hydrogen-bond donors (Lipinski definition) is 1. The molecule has 1 aromatic rings. The molecule has 0 bridgehead atoms. The fraction of sp³-hybridized carbons (Fsp3) is 0.455. The van der Waals surface area contributed by atoms with Crippen LogP contribution in [0.3, 0.4) is 0 Å². The predicted octanol–water partition coefficient (Wildman–Crippen LogP) is 1.07. The van der Waals surface area contributed by atoms with Crippen molar-refractivity contribution in [1.29, 1.82) is 0 Å². The van der Waals surface area contributed by atoms with E-state index in [0.29, 0.717) is 24.6 Å². The molecule has 0 aliphatic heterocycles. The molecule has 6 heteroatoms. The Balaban J connectivity index is 2.58. The normalized spacial score (nSPS) is 11.9. The van der Waals surface area contributed by atoms with Crippen LogP contribution in [0.2, 0.25) is 0 Å². The summed E-state index contributed by atoms with van der Waals surface area (Å²) in [7, 11) is 3.02. The minimum absolute atomic E-state index is 0.258. The van der Waals surface area contributed by atoms with Crippen molar-refractivity contribution in [3.8, 4) is 5.88 Å². The average molecular weight is 259 g/mol. The van der Waals surface area contributed by atoms with Gasteiger partial charge >= 0.3 is 0 Å². The Hall–Kier alpha value is -1.33. The van der Waals surface area contributed by atoms with E-state index in [1.54, 1.807) is 25.4 Å². The van der Waals surface area contributed by atoms with Gasteiger partial charge in [0.1, 0.15) is 5.56 Å². The van der Waals surface area contributed by atoms with Crippen molar-refractivity contribution in [2.75, 3.05) is 27.4 Å². The highest BCUT2D eigenvalue weighted by Crippen LogP contribution is 2.13. The summed E-state index contributed by atoms with van der Waals surface area (Å²) in [5.74, 6) is 0.0274. The molecular weight excluding hydrogens is 244 g/mol. The van der Waals surface area contributed by atoms with Crippen molar-refractivity contribution in [1.82, 2.24) is 10.3 Å². The number of carbonyl (C=O) groups excluding carboxylic acids is 1. The molecular formula is C11H15ClN2O3. The Bertz CT molecular complexity index is 373. The summed E-state index contributed by atoms with van der Waals surface area (Å²) in [6.07, 6.45) is 1.56. The van der Waals surface area contributed by atoms with Gasteiger partial charge in [0.05, 0.1) is 19.1 Å². The average Bonchev–Trinajstić information content (AvgIpc) is 2.36. The van der Waals surface area contributed by atoms with Gasteiger partial charge in [-0.05, 0) is 12.1 Å². The number of alkyl halides is 1. The molecule has 0 saturated heterocycles. The van der Waals surface area contributed by atoms with Gasteiger partial charge in [0.2, 0.25) is 5.88 Å². The largest absolute Gasteiger partial charge is 0.480 e. The maximum Gasteiger partial charge on any atom is 0.256 e. The number of nitrogens with one attached hydrogen (secondary N) is 1. The number of hydrogen-bond acceptors (Lipinski definition) is 4. The van der Waals surface area contributed by atoms with Gasteiger partial charge in [0.25, 0.3) is 5.91 Å². The Morgan fingerprint density at radius 1 is 1.59 bits per heavy atom. The van der Waals surface area contributed by atoms with E-state index in [0.717, 1.165) is 0 Å². The van der Waals surface area contributed by atoms with Gasteiger partial charge in [-0.2, -0.15) is 0 Å². The molecule has 1 aromatic heterocycles. The zero-order valence-electron chi connectivity index (χ0n) is 9.77. The molecule has 0 radical (unpaired) electrons. The second-order valence-corrected chi connectivity index (χ2v) is 3.94. The van der Waals surface area contributed by atoms with Crippen LogP contribution >= 0.6 is 11.6 Å². The smallest absolute Gasteiger partial charge is 0.256 e. The molecule has 1 N–H and O–H groups in total. The number of rotatable bonds is 6. The first-order valence-corrected chi connectivity index (χ1v) is 5.53. The van der Waals surface area contributed by atoms with Crippen LogP contribution in [0.15, 0.2) is 18.3 Å². The van der Waals surface area contributed by atoms with E-state index in [2.05, 4.69) is 10.3 Å². The summed E-state index contributed by atoms with van der Waals surface area (Å²) in [5, 5.41) is 2.43. The molecule has 1 atom stereocenters. The van der Waals surface area contributed by atoms with Crippen LogP contribution in [0, 0.1) is 0 Å². The van der Waals surface area contributed by atoms with E-state index in [9.17, 15) is 4.79 Å². The van der Waals surface area contributed by atoms with E-state index >= 15 is 0 Å². The van der Waals surface area contributed by atoms with Crippen molar-refractivity contribution in [3.63, 3.8) is 0 Å². The maximum atomic E-state index is 11.8. The lowest BCUT2D eigenvalue weighted by atomic mass is 10.2. The third kappa shape index (κ3) is 4.20. The van der Waals surface area contributed by atoms with E-state index in [1.807, 2.05) is 0 Å². The molecule has 0 aliphatic rings. The summed E-state index contributed by atoms with van der Waals surface area (Å²) in [5.41, 5.74) is 0.385. The van der Waals surface area contributed by atoms with Crippen LogP contribution in [0.1, 0.15) is 10.4 Å². The number of aromatic nitrogens is 1. The monoisotopic (exact) mass is 258 g/mol. The maximum absolute atomic E-state index is 11.8. The molecule has 1 unspecified atom stereocenters.